The minimum atomic E-state index is 0.516. The van der Waals surface area contributed by atoms with Gasteiger partial charge in [-0.2, -0.15) is 0 Å². The number of hydrogen-bond donors (Lipinski definition) is 1. The van der Waals surface area contributed by atoms with Gasteiger partial charge in [0.2, 0.25) is 0 Å². The average molecular weight is 421 g/mol. The molecular formula is C21H16N4O2S2. The Labute approximate surface area is 175 Å². The second-order valence-corrected chi connectivity index (χ2v) is 8.07. The number of rotatable bonds is 6. The second-order valence-electron chi connectivity index (χ2n) is 6.28. The summed E-state index contributed by atoms with van der Waals surface area (Å²) in [5.74, 6) is 2.02. The number of para-hydroxylation sites is 1. The van der Waals surface area contributed by atoms with E-state index in [0.29, 0.717) is 16.9 Å². The molecule has 0 radical (unpaired) electrons. The second kappa shape index (κ2) is 7.73. The molecule has 3 heterocycles. The molecule has 29 heavy (non-hydrogen) atoms. The molecular weight excluding hydrogens is 404 g/mol. The first kappa shape index (κ1) is 18.0. The van der Waals surface area contributed by atoms with Crippen molar-refractivity contribution in [2.75, 3.05) is 7.11 Å². The van der Waals surface area contributed by atoms with Gasteiger partial charge >= 0.3 is 0 Å². The molecule has 144 valence electrons. The number of aromatic nitrogens is 4. The SMILES string of the molecule is COc1ccc(-c2nc(CSc3nnc(-c4c[nH]c5ccccc45)o3)cs2)cc1. The molecule has 0 saturated heterocycles. The third-order valence-electron chi connectivity index (χ3n) is 4.46. The number of aromatic amines is 1. The zero-order chi connectivity index (χ0) is 19.6. The summed E-state index contributed by atoms with van der Waals surface area (Å²) < 4.78 is 11.1. The largest absolute Gasteiger partial charge is 0.497 e. The summed E-state index contributed by atoms with van der Waals surface area (Å²) in [5, 5.41) is 13.0. The fourth-order valence-corrected chi connectivity index (χ4v) is 4.59. The van der Waals surface area contributed by atoms with E-state index in [0.717, 1.165) is 38.5 Å². The molecule has 6 nitrogen and oxygen atoms in total. The molecule has 0 aliphatic heterocycles. The monoisotopic (exact) mass is 420 g/mol. The standard InChI is InChI=1S/C21H16N4O2S2/c1-26-15-8-6-13(7-9-15)20-23-14(11-28-20)12-29-21-25-24-19(27-21)17-10-22-18-5-3-2-4-16(17)18/h2-11,22H,12H2,1H3. The van der Waals surface area contributed by atoms with E-state index in [1.165, 1.54) is 11.8 Å². The van der Waals surface area contributed by atoms with E-state index in [4.69, 9.17) is 14.1 Å². The molecule has 0 unspecified atom stereocenters. The van der Waals surface area contributed by atoms with Gasteiger partial charge in [0.1, 0.15) is 10.8 Å². The molecule has 0 fully saturated rings. The molecule has 0 aliphatic rings. The van der Waals surface area contributed by atoms with E-state index in [2.05, 4.69) is 20.6 Å². The summed E-state index contributed by atoms with van der Waals surface area (Å²) >= 11 is 3.11. The number of nitrogens with zero attached hydrogens (tertiary/aromatic N) is 3. The topological polar surface area (TPSA) is 76.8 Å². The highest BCUT2D eigenvalue weighted by molar-refractivity contribution is 7.98. The molecule has 5 rings (SSSR count). The number of ether oxygens (including phenoxy) is 1. The van der Waals surface area contributed by atoms with E-state index in [9.17, 15) is 0 Å². The lowest BCUT2D eigenvalue weighted by atomic mass is 10.2. The van der Waals surface area contributed by atoms with Gasteiger partial charge in [-0.25, -0.2) is 4.98 Å². The van der Waals surface area contributed by atoms with Crippen LogP contribution in [0.15, 0.2) is 69.7 Å². The third kappa shape index (κ3) is 3.64. The summed E-state index contributed by atoms with van der Waals surface area (Å²) in [7, 11) is 1.66. The van der Waals surface area contributed by atoms with Crippen molar-refractivity contribution in [2.24, 2.45) is 0 Å². The van der Waals surface area contributed by atoms with Crippen molar-refractivity contribution in [1.29, 1.82) is 0 Å². The highest BCUT2D eigenvalue weighted by Crippen LogP contribution is 2.32. The Hall–Kier alpha value is -3.10. The molecule has 2 aromatic carbocycles. The van der Waals surface area contributed by atoms with Crippen molar-refractivity contribution in [3.05, 3.63) is 65.8 Å². The van der Waals surface area contributed by atoms with Crippen LogP contribution in [0, 0.1) is 0 Å². The summed E-state index contributed by atoms with van der Waals surface area (Å²) in [6.45, 7) is 0. The first-order valence-electron chi connectivity index (χ1n) is 8.92. The Morgan fingerprint density at radius 1 is 1.10 bits per heavy atom. The van der Waals surface area contributed by atoms with Crippen LogP contribution in [-0.2, 0) is 5.75 Å². The molecule has 1 N–H and O–H groups in total. The summed E-state index contributed by atoms with van der Waals surface area (Å²) in [4.78, 5) is 7.94. The molecule has 8 heteroatoms. The van der Waals surface area contributed by atoms with E-state index in [1.54, 1.807) is 18.4 Å². The van der Waals surface area contributed by atoms with Gasteiger partial charge in [0.05, 0.1) is 18.4 Å². The number of nitrogens with one attached hydrogen (secondary N) is 1. The smallest absolute Gasteiger partial charge is 0.277 e. The first-order valence-corrected chi connectivity index (χ1v) is 10.8. The third-order valence-corrected chi connectivity index (χ3v) is 6.25. The molecule has 5 aromatic rings. The number of fused-ring (bicyclic) bond motifs is 1. The maximum absolute atomic E-state index is 5.86. The van der Waals surface area contributed by atoms with Crippen molar-refractivity contribution in [1.82, 2.24) is 20.2 Å². The molecule has 3 aromatic heterocycles. The average Bonchev–Trinajstić information content (AvgIpc) is 3.51. The molecule has 0 saturated carbocycles. The van der Waals surface area contributed by atoms with E-state index >= 15 is 0 Å². The van der Waals surface area contributed by atoms with Crippen LogP contribution < -0.4 is 4.74 Å². The van der Waals surface area contributed by atoms with Gasteiger partial charge in [-0.3, -0.25) is 0 Å². The minimum Gasteiger partial charge on any atom is -0.497 e. The van der Waals surface area contributed by atoms with Gasteiger partial charge in [-0.1, -0.05) is 30.0 Å². The van der Waals surface area contributed by atoms with Crippen LogP contribution in [0.4, 0.5) is 0 Å². The lowest BCUT2D eigenvalue weighted by Gasteiger charge is -2.00. The highest BCUT2D eigenvalue weighted by atomic mass is 32.2. The van der Waals surface area contributed by atoms with Crippen molar-refractivity contribution in [3.63, 3.8) is 0 Å². The van der Waals surface area contributed by atoms with Crippen LogP contribution in [0.25, 0.3) is 32.9 Å². The lowest BCUT2D eigenvalue weighted by molar-refractivity contribution is 0.415. The molecule has 0 spiro atoms. The number of hydrogen-bond acceptors (Lipinski definition) is 7. The molecule has 0 bridgehead atoms. The normalized spacial score (nSPS) is 11.2. The predicted octanol–water partition coefficient (Wildman–Crippen LogP) is 5.64. The Balaban J connectivity index is 1.28. The van der Waals surface area contributed by atoms with Crippen molar-refractivity contribution < 1.29 is 9.15 Å². The maximum atomic E-state index is 5.86. The number of benzene rings is 2. The number of thiazole rings is 1. The van der Waals surface area contributed by atoms with Gasteiger partial charge in [0.15, 0.2) is 0 Å². The number of methoxy groups -OCH3 is 1. The zero-order valence-electron chi connectivity index (χ0n) is 15.5. The fourth-order valence-electron chi connectivity index (χ4n) is 3.00. The number of H-pyrrole nitrogens is 1. The van der Waals surface area contributed by atoms with E-state index < -0.39 is 0 Å². The molecule has 0 aliphatic carbocycles. The van der Waals surface area contributed by atoms with Gasteiger partial charge in [-0.05, 0) is 30.3 Å². The minimum absolute atomic E-state index is 0.516. The number of thioether (sulfide) groups is 1. The van der Waals surface area contributed by atoms with Gasteiger partial charge in [0, 0.05) is 33.8 Å². The summed E-state index contributed by atoms with van der Waals surface area (Å²) in [6.07, 6.45) is 1.90. The maximum Gasteiger partial charge on any atom is 0.277 e. The van der Waals surface area contributed by atoms with Crippen molar-refractivity contribution in [2.45, 2.75) is 11.0 Å². The van der Waals surface area contributed by atoms with E-state index in [-0.39, 0.29) is 0 Å². The zero-order valence-corrected chi connectivity index (χ0v) is 17.1. The molecule has 0 atom stereocenters. The van der Waals surface area contributed by atoms with Crippen molar-refractivity contribution >= 4 is 34.0 Å². The predicted molar refractivity (Wildman–Crippen MR) is 115 cm³/mol. The molecule has 0 amide bonds. The van der Waals surface area contributed by atoms with Crippen LogP contribution in [0.1, 0.15) is 5.69 Å². The Bertz CT molecular complexity index is 1260. The quantitative estimate of drug-likeness (QED) is 0.358. The van der Waals surface area contributed by atoms with Crippen molar-refractivity contribution in [3.8, 4) is 27.8 Å². The van der Waals surface area contributed by atoms with Crippen LogP contribution in [-0.4, -0.2) is 27.3 Å². The van der Waals surface area contributed by atoms with E-state index in [1.807, 2.05) is 54.7 Å². The van der Waals surface area contributed by atoms with Crippen LogP contribution in [0.2, 0.25) is 0 Å². The Morgan fingerprint density at radius 3 is 2.83 bits per heavy atom. The van der Waals surface area contributed by atoms with Crippen LogP contribution in [0.5, 0.6) is 5.75 Å². The highest BCUT2D eigenvalue weighted by Gasteiger charge is 2.14. The van der Waals surface area contributed by atoms with Gasteiger partial charge in [-0.15, -0.1) is 21.5 Å². The van der Waals surface area contributed by atoms with Crippen LogP contribution in [0.3, 0.4) is 0 Å². The van der Waals surface area contributed by atoms with Gasteiger partial charge < -0.3 is 14.1 Å². The summed E-state index contributed by atoms with van der Waals surface area (Å²) in [5.41, 5.74) is 4.02. The Kier molecular flexibility index (Phi) is 4.79. The first-order chi connectivity index (χ1) is 14.3. The fraction of sp³-hybridized carbons (Fsp3) is 0.0952. The van der Waals surface area contributed by atoms with Crippen LogP contribution >= 0.6 is 23.1 Å². The van der Waals surface area contributed by atoms with Gasteiger partial charge in [0.25, 0.3) is 11.1 Å². The lowest BCUT2D eigenvalue weighted by Crippen LogP contribution is -1.84. The summed E-state index contributed by atoms with van der Waals surface area (Å²) in [6, 6.07) is 16.0. The Morgan fingerprint density at radius 2 is 1.97 bits per heavy atom.